The molecule has 1 aromatic rings. The number of hydrogen-bond acceptors (Lipinski definition) is 2. The minimum atomic E-state index is 0.0646. The minimum absolute atomic E-state index is 0.0646. The number of hydrogen-bond donors (Lipinski definition) is 1. The first-order valence-electron chi connectivity index (χ1n) is 8.09. The van der Waals surface area contributed by atoms with Gasteiger partial charge in [0.05, 0.1) is 0 Å². The summed E-state index contributed by atoms with van der Waals surface area (Å²) < 4.78 is 0. The van der Waals surface area contributed by atoms with E-state index in [-0.39, 0.29) is 12.1 Å². The molecule has 4 nitrogen and oxygen atoms in total. The molecule has 0 aliphatic carbocycles. The zero-order chi connectivity index (χ0) is 15.7. The van der Waals surface area contributed by atoms with Crippen LogP contribution in [0.3, 0.4) is 0 Å². The Bertz CT molecular complexity index is 529. The monoisotopic (exact) mass is 299 g/mol. The van der Waals surface area contributed by atoms with E-state index < -0.39 is 0 Å². The highest BCUT2D eigenvalue weighted by molar-refractivity contribution is 5.75. The zero-order valence-corrected chi connectivity index (χ0v) is 13.4. The molecule has 1 unspecified atom stereocenters. The van der Waals surface area contributed by atoms with Gasteiger partial charge in [-0.05, 0) is 19.4 Å². The van der Waals surface area contributed by atoms with Crippen LogP contribution >= 0.6 is 0 Å². The van der Waals surface area contributed by atoms with E-state index in [1.54, 1.807) is 0 Å². The number of nitrogens with zero attached hydrogens (tertiary/aromatic N) is 2. The van der Waals surface area contributed by atoms with Crippen LogP contribution in [0.1, 0.15) is 25.3 Å². The van der Waals surface area contributed by atoms with Gasteiger partial charge in [0.1, 0.15) is 0 Å². The largest absolute Gasteiger partial charge is 0.336 e. The van der Waals surface area contributed by atoms with Crippen molar-refractivity contribution in [2.75, 3.05) is 19.6 Å². The lowest BCUT2D eigenvalue weighted by Crippen LogP contribution is -2.74. The van der Waals surface area contributed by atoms with Crippen LogP contribution in [0.5, 0.6) is 0 Å². The molecular weight excluding hydrogens is 274 g/mol. The van der Waals surface area contributed by atoms with Gasteiger partial charge in [0.25, 0.3) is 0 Å². The first-order valence-corrected chi connectivity index (χ1v) is 8.09. The van der Waals surface area contributed by atoms with Crippen molar-refractivity contribution in [3.63, 3.8) is 0 Å². The average molecular weight is 299 g/mol. The molecule has 1 aromatic carbocycles. The minimum Gasteiger partial charge on any atom is -0.336 e. The Hall–Kier alpha value is -1.81. The van der Waals surface area contributed by atoms with Crippen LogP contribution in [0.25, 0.3) is 0 Å². The molecule has 2 aliphatic rings. The Morgan fingerprint density at radius 1 is 1.32 bits per heavy atom. The van der Waals surface area contributed by atoms with Crippen molar-refractivity contribution in [2.45, 2.75) is 37.9 Å². The molecule has 2 aliphatic heterocycles. The van der Waals surface area contributed by atoms with Gasteiger partial charge in [-0.3, -0.25) is 4.90 Å². The smallest absolute Gasteiger partial charge is 0.317 e. The lowest BCUT2D eigenvalue weighted by molar-refractivity contribution is -0.0706. The lowest BCUT2D eigenvalue weighted by atomic mass is 9.72. The summed E-state index contributed by atoms with van der Waals surface area (Å²) in [6, 6.07) is 11.7. The van der Waals surface area contributed by atoms with Crippen molar-refractivity contribution in [3.05, 3.63) is 48.6 Å². The Morgan fingerprint density at radius 2 is 1.95 bits per heavy atom. The standard InChI is InChI=1S/C18H25N3O/c1-4-10-21-15-11-20(18(22)19-13(2)3)12-16(21)17(15)14-8-6-5-7-9-14/h4-9,13,15-17H,1,10-12H2,2-3H3,(H,19,22)/t15-,16+,17?. The number of piperazine rings is 1. The van der Waals surface area contributed by atoms with Gasteiger partial charge < -0.3 is 10.2 Å². The maximum atomic E-state index is 12.3. The van der Waals surface area contributed by atoms with Crippen LogP contribution in [0.4, 0.5) is 4.79 Å². The zero-order valence-electron chi connectivity index (χ0n) is 13.4. The predicted molar refractivity (Wildman–Crippen MR) is 88.9 cm³/mol. The number of carbonyl (C=O) groups excluding carboxylic acids is 1. The number of carbonyl (C=O) groups is 1. The Morgan fingerprint density at radius 3 is 2.50 bits per heavy atom. The summed E-state index contributed by atoms with van der Waals surface area (Å²) in [5.41, 5.74) is 1.39. The molecule has 3 atom stereocenters. The van der Waals surface area contributed by atoms with Crippen molar-refractivity contribution in [1.82, 2.24) is 15.1 Å². The molecule has 2 saturated heterocycles. The van der Waals surface area contributed by atoms with Crippen LogP contribution in [-0.4, -0.2) is 53.6 Å². The van der Waals surface area contributed by atoms with Crippen molar-refractivity contribution < 1.29 is 4.79 Å². The summed E-state index contributed by atoms with van der Waals surface area (Å²) in [5.74, 6) is 0.532. The Balaban J connectivity index is 1.74. The molecule has 0 radical (unpaired) electrons. The van der Waals surface area contributed by atoms with Gasteiger partial charge in [0.2, 0.25) is 0 Å². The summed E-state index contributed by atoms with van der Waals surface area (Å²) in [6.45, 7) is 10.4. The van der Waals surface area contributed by atoms with Crippen molar-refractivity contribution in [3.8, 4) is 0 Å². The van der Waals surface area contributed by atoms with Crippen LogP contribution < -0.4 is 5.32 Å². The fourth-order valence-corrected chi connectivity index (χ4v) is 3.82. The molecule has 4 heteroatoms. The summed E-state index contributed by atoms with van der Waals surface area (Å²) in [4.78, 5) is 16.7. The van der Waals surface area contributed by atoms with Gasteiger partial charge in [0.15, 0.2) is 0 Å². The number of rotatable bonds is 4. The number of piperidine rings is 1. The van der Waals surface area contributed by atoms with Gasteiger partial charge in [0, 0.05) is 43.7 Å². The van der Waals surface area contributed by atoms with Gasteiger partial charge in [-0.1, -0.05) is 36.4 Å². The van der Waals surface area contributed by atoms with E-state index in [1.807, 2.05) is 24.8 Å². The highest BCUT2D eigenvalue weighted by Crippen LogP contribution is 2.44. The summed E-state index contributed by atoms with van der Waals surface area (Å²) >= 11 is 0. The topological polar surface area (TPSA) is 35.6 Å². The first kappa shape index (κ1) is 15.1. The van der Waals surface area contributed by atoms with E-state index in [0.717, 1.165) is 19.6 Å². The van der Waals surface area contributed by atoms with Gasteiger partial charge in [-0.2, -0.15) is 0 Å². The van der Waals surface area contributed by atoms with E-state index in [1.165, 1.54) is 5.56 Å². The molecule has 2 bridgehead atoms. The summed E-state index contributed by atoms with van der Waals surface area (Å²) in [6.07, 6.45) is 1.96. The van der Waals surface area contributed by atoms with Crippen molar-refractivity contribution in [2.24, 2.45) is 0 Å². The summed E-state index contributed by atoms with van der Waals surface area (Å²) in [5, 5.41) is 3.00. The third-order valence-electron chi connectivity index (χ3n) is 4.72. The Kier molecular flexibility index (Phi) is 4.21. The molecule has 0 aromatic heterocycles. The third kappa shape index (κ3) is 2.63. The molecule has 118 valence electrons. The maximum Gasteiger partial charge on any atom is 0.317 e. The SMILES string of the molecule is C=CCN1[C@@H]2CN(C(=O)NC(C)C)C[C@H]1C2c1ccccc1. The second-order valence-corrected chi connectivity index (χ2v) is 6.57. The highest BCUT2D eigenvalue weighted by Gasteiger charge is 2.53. The molecular formula is C18H25N3O. The van der Waals surface area contributed by atoms with Gasteiger partial charge in [-0.15, -0.1) is 6.58 Å². The predicted octanol–water partition coefficient (Wildman–Crippen LogP) is 2.44. The van der Waals surface area contributed by atoms with Crippen LogP contribution in [0, 0.1) is 0 Å². The van der Waals surface area contributed by atoms with E-state index in [4.69, 9.17) is 0 Å². The molecule has 22 heavy (non-hydrogen) atoms. The molecule has 3 rings (SSSR count). The number of likely N-dealkylation sites (tertiary alicyclic amines) is 1. The normalized spacial score (nSPS) is 27.4. The summed E-state index contributed by atoms with van der Waals surface area (Å²) in [7, 11) is 0. The van der Waals surface area contributed by atoms with Crippen molar-refractivity contribution >= 4 is 6.03 Å². The van der Waals surface area contributed by atoms with Crippen molar-refractivity contribution in [1.29, 1.82) is 0 Å². The molecule has 2 amide bonds. The number of benzene rings is 1. The molecule has 2 fully saturated rings. The van der Waals surface area contributed by atoms with Crippen LogP contribution in [0.15, 0.2) is 43.0 Å². The highest BCUT2D eigenvalue weighted by atomic mass is 16.2. The molecule has 0 saturated carbocycles. The molecule has 2 heterocycles. The van der Waals surface area contributed by atoms with Crippen LogP contribution in [0.2, 0.25) is 0 Å². The lowest BCUT2D eigenvalue weighted by Gasteiger charge is -2.61. The fraction of sp³-hybridized carbons (Fsp3) is 0.500. The van der Waals surface area contributed by atoms with Gasteiger partial charge in [-0.25, -0.2) is 4.79 Å². The first-order chi connectivity index (χ1) is 10.6. The Labute approximate surface area is 132 Å². The quantitative estimate of drug-likeness (QED) is 0.867. The third-order valence-corrected chi connectivity index (χ3v) is 4.72. The van der Waals surface area contributed by atoms with Crippen LogP contribution in [-0.2, 0) is 0 Å². The number of urea groups is 1. The van der Waals surface area contributed by atoms with E-state index in [2.05, 4.69) is 47.1 Å². The number of amides is 2. The number of fused-ring (bicyclic) bond motifs is 2. The van der Waals surface area contributed by atoms with E-state index in [0.29, 0.717) is 18.0 Å². The molecule has 1 N–H and O–H groups in total. The average Bonchev–Trinajstić information content (AvgIpc) is 2.52. The van der Waals surface area contributed by atoms with E-state index >= 15 is 0 Å². The second kappa shape index (κ2) is 6.13. The number of nitrogens with one attached hydrogen (secondary N) is 1. The maximum absolute atomic E-state index is 12.3. The van der Waals surface area contributed by atoms with Gasteiger partial charge >= 0.3 is 6.03 Å². The molecule has 0 spiro atoms. The second-order valence-electron chi connectivity index (χ2n) is 6.57. The fourth-order valence-electron chi connectivity index (χ4n) is 3.82. The van der Waals surface area contributed by atoms with E-state index in [9.17, 15) is 4.79 Å².